The van der Waals surface area contributed by atoms with Crippen molar-refractivity contribution in [3.63, 3.8) is 0 Å². The molecule has 2 fully saturated rings. The van der Waals surface area contributed by atoms with Crippen LogP contribution in [0.5, 0.6) is 0 Å². The maximum atomic E-state index is 5.62. The molecule has 1 unspecified atom stereocenters. The average molecular weight is 435 g/mol. The highest BCUT2D eigenvalue weighted by Crippen LogP contribution is 2.35. The smallest absolute Gasteiger partial charge is 0.225 e. The van der Waals surface area contributed by atoms with E-state index in [1.165, 1.54) is 0 Å². The van der Waals surface area contributed by atoms with Crippen molar-refractivity contribution in [3.8, 4) is 11.3 Å². The van der Waals surface area contributed by atoms with Crippen LogP contribution >= 0.6 is 0 Å². The van der Waals surface area contributed by atoms with E-state index in [9.17, 15) is 0 Å². The average Bonchev–Trinajstić information content (AvgIpc) is 3.25. The van der Waals surface area contributed by atoms with Gasteiger partial charge >= 0.3 is 0 Å². The van der Waals surface area contributed by atoms with Gasteiger partial charge in [0.15, 0.2) is 5.76 Å². The van der Waals surface area contributed by atoms with E-state index in [-0.39, 0.29) is 5.92 Å². The lowest BCUT2D eigenvalue weighted by atomic mass is 9.91. The second-order valence-corrected chi connectivity index (χ2v) is 8.87. The number of aromatic nitrogens is 5. The maximum absolute atomic E-state index is 5.62. The van der Waals surface area contributed by atoms with Crippen LogP contribution in [-0.2, 0) is 0 Å². The Hall–Kier alpha value is -3.07. The number of nitrogens with zero attached hydrogens (tertiary/aromatic N) is 8. The summed E-state index contributed by atoms with van der Waals surface area (Å²) in [5, 5.41) is 4.10. The van der Waals surface area contributed by atoms with Crippen molar-refractivity contribution in [2.75, 3.05) is 56.1 Å². The van der Waals surface area contributed by atoms with E-state index >= 15 is 0 Å². The molecule has 5 rings (SSSR count). The van der Waals surface area contributed by atoms with E-state index < -0.39 is 0 Å². The van der Waals surface area contributed by atoms with Crippen LogP contribution in [0.15, 0.2) is 29.0 Å². The van der Waals surface area contributed by atoms with Gasteiger partial charge in [0.2, 0.25) is 11.9 Å². The predicted octanol–water partition coefficient (Wildman–Crippen LogP) is 2.67. The van der Waals surface area contributed by atoms with E-state index in [0.29, 0.717) is 0 Å². The minimum absolute atomic E-state index is 0.238. The highest BCUT2D eigenvalue weighted by atomic mass is 16.5. The van der Waals surface area contributed by atoms with Gasteiger partial charge in [-0.25, -0.2) is 19.9 Å². The van der Waals surface area contributed by atoms with Crippen LogP contribution in [0.3, 0.4) is 0 Å². The summed E-state index contributed by atoms with van der Waals surface area (Å²) in [4.78, 5) is 25.9. The topological polar surface area (TPSA) is 87.3 Å². The summed E-state index contributed by atoms with van der Waals surface area (Å²) in [5.41, 5.74) is 3.80. The molecular weight excluding hydrogens is 404 g/mol. The molecule has 0 amide bonds. The zero-order valence-electron chi connectivity index (χ0n) is 19.0. The number of hydrogen-bond acceptors (Lipinski definition) is 9. The fraction of sp³-hybridized carbons (Fsp3) is 0.522. The molecule has 3 aromatic rings. The largest absolute Gasteiger partial charge is 0.356 e. The fourth-order valence-electron chi connectivity index (χ4n) is 4.51. The molecule has 2 saturated heterocycles. The van der Waals surface area contributed by atoms with Crippen LogP contribution in [0, 0.1) is 13.8 Å². The molecule has 0 saturated carbocycles. The lowest BCUT2D eigenvalue weighted by molar-refractivity contribution is 0.311. The molecule has 9 nitrogen and oxygen atoms in total. The first-order chi connectivity index (χ1) is 15.6. The molecule has 2 aliphatic heterocycles. The van der Waals surface area contributed by atoms with Crippen molar-refractivity contribution in [3.05, 3.63) is 41.6 Å². The quantitative estimate of drug-likeness (QED) is 0.615. The minimum Gasteiger partial charge on any atom is -0.356 e. The van der Waals surface area contributed by atoms with Crippen molar-refractivity contribution < 1.29 is 4.52 Å². The van der Waals surface area contributed by atoms with Gasteiger partial charge in [0.05, 0.1) is 17.0 Å². The predicted molar refractivity (Wildman–Crippen MR) is 123 cm³/mol. The van der Waals surface area contributed by atoms with Crippen LogP contribution in [0.1, 0.15) is 35.8 Å². The first kappa shape index (κ1) is 20.8. The van der Waals surface area contributed by atoms with Gasteiger partial charge in [-0.2, -0.15) is 0 Å². The second kappa shape index (κ2) is 8.82. The Morgan fingerprint density at radius 1 is 0.938 bits per heavy atom. The van der Waals surface area contributed by atoms with Crippen LogP contribution < -0.4 is 9.80 Å². The van der Waals surface area contributed by atoms with Crippen molar-refractivity contribution in [2.24, 2.45) is 0 Å². The Balaban J connectivity index is 1.49. The summed E-state index contributed by atoms with van der Waals surface area (Å²) in [5.74, 6) is 2.56. The Labute approximate surface area is 188 Å². The molecule has 0 aliphatic carbocycles. The summed E-state index contributed by atoms with van der Waals surface area (Å²) >= 11 is 0. The number of piperidine rings is 1. The first-order valence-electron chi connectivity index (χ1n) is 11.4. The van der Waals surface area contributed by atoms with Crippen LogP contribution in [0.4, 0.5) is 11.9 Å². The molecule has 0 bridgehead atoms. The van der Waals surface area contributed by atoms with Crippen molar-refractivity contribution in [2.45, 2.75) is 32.6 Å². The van der Waals surface area contributed by atoms with Crippen LogP contribution in [-0.4, -0.2) is 76.3 Å². The zero-order valence-corrected chi connectivity index (χ0v) is 19.0. The second-order valence-electron chi connectivity index (χ2n) is 8.87. The Morgan fingerprint density at radius 2 is 1.75 bits per heavy atom. The van der Waals surface area contributed by atoms with E-state index in [1.54, 1.807) is 0 Å². The molecule has 9 heteroatoms. The van der Waals surface area contributed by atoms with Gasteiger partial charge in [-0.15, -0.1) is 0 Å². The molecule has 0 spiro atoms. The van der Waals surface area contributed by atoms with Gasteiger partial charge in [0, 0.05) is 69.3 Å². The van der Waals surface area contributed by atoms with Crippen LogP contribution in [0.2, 0.25) is 0 Å². The number of likely N-dealkylation sites (N-methyl/N-ethyl adjacent to an activating group) is 1. The third-order valence-corrected chi connectivity index (χ3v) is 6.36. The Morgan fingerprint density at radius 3 is 2.50 bits per heavy atom. The van der Waals surface area contributed by atoms with Crippen LogP contribution in [0.25, 0.3) is 11.3 Å². The summed E-state index contributed by atoms with van der Waals surface area (Å²) in [7, 11) is 2.16. The molecule has 2 aliphatic rings. The Bertz CT molecular complexity index is 1080. The van der Waals surface area contributed by atoms with Gasteiger partial charge in [0.1, 0.15) is 0 Å². The number of aryl methyl sites for hydroxylation is 2. The number of anilines is 2. The zero-order chi connectivity index (χ0) is 22.1. The summed E-state index contributed by atoms with van der Waals surface area (Å²) in [6.45, 7) is 9.62. The number of rotatable bonds is 4. The molecular formula is C23H30N8O. The lowest BCUT2D eigenvalue weighted by Crippen LogP contribution is -2.45. The molecule has 168 valence electrons. The highest BCUT2D eigenvalue weighted by molar-refractivity contribution is 5.62. The van der Waals surface area contributed by atoms with E-state index in [2.05, 4.69) is 36.9 Å². The molecule has 3 aromatic heterocycles. The molecule has 0 aromatic carbocycles. The van der Waals surface area contributed by atoms with Gasteiger partial charge in [-0.1, -0.05) is 5.16 Å². The number of hydrogen-bond donors (Lipinski definition) is 0. The van der Waals surface area contributed by atoms with Crippen molar-refractivity contribution in [1.82, 2.24) is 30.0 Å². The Kier molecular flexibility index (Phi) is 5.73. The van der Waals surface area contributed by atoms with Crippen molar-refractivity contribution in [1.29, 1.82) is 0 Å². The monoisotopic (exact) mass is 434 g/mol. The highest BCUT2D eigenvalue weighted by Gasteiger charge is 2.29. The molecule has 0 N–H and O–H groups in total. The third-order valence-electron chi connectivity index (χ3n) is 6.36. The van der Waals surface area contributed by atoms with Gasteiger partial charge in [-0.3, -0.25) is 0 Å². The standard InChI is InChI=1S/C23H30N8O/c1-16-6-7-24-22(26-16)31-8-4-5-18(15-31)21-19(20-13-17(2)28-32-20)14-25-23(27-21)30-11-9-29(3)10-12-30/h6-7,13-14,18H,4-5,8-12,15H2,1-3H3. The van der Waals surface area contributed by atoms with Gasteiger partial charge < -0.3 is 19.2 Å². The lowest BCUT2D eigenvalue weighted by Gasteiger charge is -2.35. The molecule has 5 heterocycles. The van der Waals surface area contributed by atoms with Gasteiger partial charge in [-0.05, 0) is 39.8 Å². The van der Waals surface area contributed by atoms with Crippen molar-refractivity contribution >= 4 is 11.9 Å². The molecule has 1 atom stereocenters. The minimum atomic E-state index is 0.238. The summed E-state index contributed by atoms with van der Waals surface area (Å²) < 4.78 is 5.62. The molecule has 32 heavy (non-hydrogen) atoms. The molecule has 0 radical (unpaired) electrons. The normalized spacial score (nSPS) is 20.0. The van der Waals surface area contributed by atoms with E-state index in [0.717, 1.165) is 92.4 Å². The maximum Gasteiger partial charge on any atom is 0.225 e. The van der Waals surface area contributed by atoms with E-state index in [4.69, 9.17) is 14.5 Å². The first-order valence-corrected chi connectivity index (χ1v) is 11.4. The van der Waals surface area contributed by atoms with Gasteiger partial charge in [0.25, 0.3) is 0 Å². The van der Waals surface area contributed by atoms with E-state index in [1.807, 2.05) is 38.4 Å². The third kappa shape index (κ3) is 4.29. The summed E-state index contributed by atoms with van der Waals surface area (Å²) in [6, 6.07) is 3.89. The SMILES string of the molecule is Cc1cc(-c2cnc(N3CCN(C)CC3)nc2C2CCCN(c3nccc(C)n3)C2)on1. The fourth-order valence-corrected chi connectivity index (χ4v) is 4.51. The number of piperazine rings is 1. The summed E-state index contributed by atoms with van der Waals surface area (Å²) in [6.07, 6.45) is 5.87.